The van der Waals surface area contributed by atoms with Crippen molar-refractivity contribution in [2.24, 2.45) is 5.92 Å². The number of hydrogen-bond acceptors (Lipinski definition) is 6. The number of thiophene rings is 1. The van der Waals surface area contributed by atoms with Crippen LogP contribution in [0.15, 0.2) is 66.0 Å². The normalized spacial score (nSPS) is 27.2. The summed E-state index contributed by atoms with van der Waals surface area (Å²) in [6.45, 7) is 2.93. The Hall–Kier alpha value is -3.36. The molecule has 2 aromatic carbocycles. The third kappa shape index (κ3) is 3.63. The van der Waals surface area contributed by atoms with Gasteiger partial charge in [0.15, 0.2) is 5.96 Å². The van der Waals surface area contributed by atoms with Crippen molar-refractivity contribution in [3.05, 3.63) is 70.9 Å². The molecular weight excluding hydrogens is 446 g/mol. The monoisotopic (exact) mass is 475 g/mol. The first-order chi connectivity index (χ1) is 16.2. The molecule has 5 N–H and O–H groups in total. The third-order valence-corrected chi connectivity index (χ3v) is 8.31. The van der Waals surface area contributed by atoms with Crippen LogP contribution >= 0.6 is 11.3 Å². The van der Waals surface area contributed by atoms with Gasteiger partial charge in [-0.1, -0.05) is 30.3 Å². The number of hydrogen-bond donors (Lipinski definition) is 4. The van der Waals surface area contributed by atoms with Gasteiger partial charge in [-0.25, -0.2) is 0 Å². The third-order valence-electron chi connectivity index (χ3n) is 7.14. The van der Waals surface area contributed by atoms with E-state index in [0.29, 0.717) is 25.2 Å². The van der Waals surface area contributed by atoms with E-state index in [9.17, 15) is 9.90 Å². The molecular formula is C26H29N5O2S. The van der Waals surface area contributed by atoms with E-state index in [2.05, 4.69) is 10.2 Å². The Morgan fingerprint density at radius 2 is 1.91 bits per heavy atom. The lowest BCUT2D eigenvalue weighted by Crippen LogP contribution is -2.69. The SMILES string of the molecule is CN1C(=N)N[C@](C)(c2cc(-c3cccc(N)c3)cs2)C(C2(O)CCN(c3ccccc3)C2)C1=O. The van der Waals surface area contributed by atoms with Gasteiger partial charge in [0.05, 0.1) is 17.1 Å². The van der Waals surface area contributed by atoms with E-state index in [1.54, 1.807) is 7.05 Å². The van der Waals surface area contributed by atoms with Crippen molar-refractivity contribution >= 4 is 34.6 Å². The minimum Gasteiger partial charge on any atom is -0.399 e. The maximum Gasteiger partial charge on any atom is 0.237 e. The van der Waals surface area contributed by atoms with Crippen LogP contribution in [-0.4, -0.2) is 47.6 Å². The number of aliphatic hydroxyl groups is 1. The zero-order valence-electron chi connectivity index (χ0n) is 19.3. The first kappa shape index (κ1) is 22.4. The molecule has 176 valence electrons. The zero-order valence-corrected chi connectivity index (χ0v) is 20.1. The Bertz CT molecular complexity index is 1240. The Labute approximate surface area is 203 Å². The number of guanidine groups is 1. The van der Waals surface area contributed by atoms with Gasteiger partial charge in [0.2, 0.25) is 5.91 Å². The van der Waals surface area contributed by atoms with Crippen molar-refractivity contribution in [1.29, 1.82) is 5.41 Å². The van der Waals surface area contributed by atoms with Gasteiger partial charge >= 0.3 is 0 Å². The van der Waals surface area contributed by atoms with Crippen molar-refractivity contribution in [2.75, 3.05) is 30.8 Å². The molecule has 2 unspecified atom stereocenters. The molecule has 2 aliphatic heterocycles. The summed E-state index contributed by atoms with van der Waals surface area (Å²) in [5, 5.41) is 25.7. The largest absolute Gasteiger partial charge is 0.399 e. The van der Waals surface area contributed by atoms with Crippen LogP contribution in [0.5, 0.6) is 0 Å². The molecule has 5 rings (SSSR count). The van der Waals surface area contributed by atoms with Crippen LogP contribution in [0.3, 0.4) is 0 Å². The number of benzene rings is 2. The number of para-hydroxylation sites is 1. The van der Waals surface area contributed by atoms with Gasteiger partial charge in [-0.15, -0.1) is 11.3 Å². The minimum atomic E-state index is -1.26. The van der Waals surface area contributed by atoms with E-state index in [1.165, 1.54) is 16.2 Å². The van der Waals surface area contributed by atoms with Gasteiger partial charge in [-0.2, -0.15) is 0 Å². The maximum absolute atomic E-state index is 13.6. The number of rotatable bonds is 4. The highest BCUT2D eigenvalue weighted by Crippen LogP contribution is 2.47. The van der Waals surface area contributed by atoms with Crippen molar-refractivity contribution in [1.82, 2.24) is 10.2 Å². The quantitative estimate of drug-likeness (QED) is 0.433. The summed E-state index contributed by atoms with van der Waals surface area (Å²) in [6.07, 6.45) is 0.462. The highest BCUT2D eigenvalue weighted by Gasteiger charge is 2.59. The Kier molecular flexibility index (Phi) is 5.37. The van der Waals surface area contributed by atoms with Gasteiger partial charge in [-0.3, -0.25) is 15.1 Å². The molecule has 3 heterocycles. The second-order valence-electron chi connectivity index (χ2n) is 9.44. The number of β-amino-alcohol motifs (C(OH)–C–C–N with tert-alkyl or cyclic N) is 1. The summed E-state index contributed by atoms with van der Waals surface area (Å²) in [5.41, 5.74) is 7.48. The molecule has 0 bridgehead atoms. The van der Waals surface area contributed by atoms with Crippen molar-refractivity contribution in [3.63, 3.8) is 0 Å². The molecule has 0 radical (unpaired) electrons. The fraction of sp³-hybridized carbons (Fsp3) is 0.308. The lowest BCUT2D eigenvalue weighted by molar-refractivity contribution is -0.148. The first-order valence-electron chi connectivity index (χ1n) is 11.3. The molecule has 3 atom stereocenters. The minimum absolute atomic E-state index is 0.0316. The van der Waals surface area contributed by atoms with Gasteiger partial charge in [0.1, 0.15) is 0 Å². The fourth-order valence-corrected chi connectivity index (χ4v) is 6.38. The molecule has 3 aromatic rings. The summed E-state index contributed by atoms with van der Waals surface area (Å²) in [7, 11) is 1.59. The Morgan fingerprint density at radius 3 is 2.65 bits per heavy atom. The fourth-order valence-electron chi connectivity index (χ4n) is 5.31. The topological polar surface area (TPSA) is 106 Å². The van der Waals surface area contributed by atoms with Crippen LogP contribution < -0.4 is 16.0 Å². The van der Waals surface area contributed by atoms with Crippen molar-refractivity contribution in [3.8, 4) is 11.1 Å². The number of amides is 1. The van der Waals surface area contributed by atoms with Gasteiger partial charge in [-0.05, 0) is 60.2 Å². The van der Waals surface area contributed by atoms with E-state index >= 15 is 0 Å². The predicted molar refractivity (Wildman–Crippen MR) is 137 cm³/mol. The van der Waals surface area contributed by atoms with Crippen LogP contribution in [0, 0.1) is 11.3 Å². The van der Waals surface area contributed by atoms with E-state index in [0.717, 1.165) is 21.7 Å². The van der Waals surface area contributed by atoms with Crippen LogP contribution in [0.25, 0.3) is 11.1 Å². The molecule has 2 aliphatic rings. The molecule has 34 heavy (non-hydrogen) atoms. The molecule has 7 nitrogen and oxygen atoms in total. The number of anilines is 2. The van der Waals surface area contributed by atoms with Crippen LogP contribution in [-0.2, 0) is 10.3 Å². The van der Waals surface area contributed by atoms with Crippen molar-refractivity contribution in [2.45, 2.75) is 24.5 Å². The summed E-state index contributed by atoms with van der Waals surface area (Å²) >= 11 is 1.52. The Balaban J connectivity index is 1.54. The van der Waals surface area contributed by atoms with E-state index < -0.39 is 17.1 Å². The van der Waals surface area contributed by atoms with Gasteiger partial charge in [0, 0.05) is 36.4 Å². The number of nitrogen functional groups attached to an aromatic ring is 1. The summed E-state index contributed by atoms with van der Waals surface area (Å²) in [4.78, 5) is 18.0. The standard InChI is InChI=1S/C26H29N5O2S/c1-25(21-14-18(15-34-21)17-7-6-8-19(27)13-17)22(23(32)30(2)24(28)29-25)26(33)11-12-31(16-26)20-9-4-3-5-10-20/h3-10,13-15,22,33H,11-12,16,27H2,1-2H3,(H2,28,29)/t22?,25-,26?/m1/s1. The number of nitrogens with one attached hydrogen (secondary N) is 2. The molecule has 1 aromatic heterocycles. The van der Waals surface area contributed by atoms with Gasteiger partial charge in [0.25, 0.3) is 0 Å². The summed E-state index contributed by atoms with van der Waals surface area (Å²) < 4.78 is 0. The average Bonchev–Trinajstić information content (AvgIpc) is 3.47. The van der Waals surface area contributed by atoms with Crippen LogP contribution in [0.2, 0.25) is 0 Å². The molecule has 0 saturated carbocycles. The number of carbonyl (C=O) groups excluding carboxylic acids is 1. The maximum atomic E-state index is 13.6. The summed E-state index contributed by atoms with van der Waals surface area (Å²) in [5.74, 6) is -0.980. The van der Waals surface area contributed by atoms with E-state index in [4.69, 9.17) is 11.1 Å². The molecule has 1 amide bonds. The van der Waals surface area contributed by atoms with E-state index in [1.807, 2.05) is 73.0 Å². The predicted octanol–water partition coefficient (Wildman–Crippen LogP) is 3.47. The lowest BCUT2D eigenvalue weighted by Gasteiger charge is -2.49. The second-order valence-corrected chi connectivity index (χ2v) is 10.4. The molecule has 8 heteroatoms. The summed E-state index contributed by atoms with van der Waals surface area (Å²) in [6, 6.07) is 19.7. The molecule has 0 spiro atoms. The molecule has 2 saturated heterocycles. The number of carbonyl (C=O) groups is 1. The highest BCUT2D eigenvalue weighted by molar-refractivity contribution is 7.10. The van der Waals surface area contributed by atoms with Crippen LogP contribution in [0.4, 0.5) is 11.4 Å². The van der Waals surface area contributed by atoms with Gasteiger partial charge < -0.3 is 21.1 Å². The number of nitrogens with zero attached hydrogens (tertiary/aromatic N) is 2. The molecule has 0 aliphatic carbocycles. The molecule has 2 fully saturated rings. The smallest absolute Gasteiger partial charge is 0.237 e. The highest BCUT2D eigenvalue weighted by atomic mass is 32.1. The zero-order chi connectivity index (χ0) is 24.1. The Morgan fingerprint density at radius 1 is 1.15 bits per heavy atom. The van der Waals surface area contributed by atoms with E-state index in [-0.39, 0.29) is 11.9 Å². The first-order valence-corrected chi connectivity index (χ1v) is 12.2. The lowest BCUT2D eigenvalue weighted by atomic mass is 9.70. The number of nitrogens with two attached hydrogens (primary N) is 1. The second kappa shape index (κ2) is 8.14. The average molecular weight is 476 g/mol. The van der Waals surface area contributed by atoms with Crippen LogP contribution in [0.1, 0.15) is 18.2 Å². The van der Waals surface area contributed by atoms with Crippen molar-refractivity contribution < 1.29 is 9.90 Å².